The van der Waals surface area contributed by atoms with Crippen molar-refractivity contribution < 1.29 is 32.2 Å². The minimum Gasteiger partial charge on any atom is -0.494 e. The number of halogens is 1. The summed E-state index contributed by atoms with van der Waals surface area (Å²) in [5, 5.41) is 4.42. The topological polar surface area (TPSA) is 132 Å². The molecule has 1 amide bonds. The van der Waals surface area contributed by atoms with Gasteiger partial charge in [0.05, 0.1) is 29.9 Å². The van der Waals surface area contributed by atoms with Crippen molar-refractivity contribution in [1.82, 2.24) is 5.43 Å². The van der Waals surface area contributed by atoms with Gasteiger partial charge < -0.3 is 14.2 Å². The van der Waals surface area contributed by atoms with E-state index in [0.29, 0.717) is 40.9 Å². The number of esters is 1. The first-order chi connectivity index (χ1) is 21.2. The third-order valence-corrected chi connectivity index (χ3v) is 7.59. The molecular formula is C32H30ClN3O7S. The predicted molar refractivity (Wildman–Crippen MR) is 169 cm³/mol. The lowest BCUT2D eigenvalue weighted by molar-refractivity contribution is 0.0728. The van der Waals surface area contributed by atoms with Gasteiger partial charge in [0.2, 0.25) is 0 Å². The van der Waals surface area contributed by atoms with Crippen LogP contribution >= 0.6 is 11.6 Å². The molecule has 0 saturated heterocycles. The Balaban J connectivity index is 1.35. The quantitative estimate of drug-likeness (QED) is 0.0761. The van der Waals surface area contributed by atoms with Gasteiger partial charge in [-0.05, 0) is 110 Å². The minimum absolute atomic E-state index is 0.0553. The third kappa shape index (κ3) is 8.82. The van der Waals surface area contributed by atoms with Gasteiger partial charge in [-0.3, -0.25) is 9.52 Å². The largest absolute Gasteiger partial charge is 0.494 e. The Kier molecular flexibility index (Phi) is 11.0. The van der Waals surface area contributed by atoms with Crippen LogP contribution in [0.15, 0.2) is 101 Å². The van der Waals surface area contributed by atoms with Crippen LogP contribution in [0.5, 0.6) is 17.2 Å². The molecule has 0 fully saturated rings. The summed E-state index contributed by atoms with van der Waals surface area (Å²) >= 11 is 5.83. The normalized spacial score (nSPS) is 11.2. The van der Waals surface area contributed by atoms with E-state index in [9.17, 15) is 18.0 Å². The number of hydrogen-bond acceptors (Lipinski definition) is 8. The summed E-state index contributed by atoms with van der Waals surface area (Å²) in [6.07, 6.45) is 2.29. The number of carbonyl (C=O) groups is 2. The molecule has 2 N–H and O–H groups in total. The summed E-state index contributed by atoms with van der Waals surface area (Å²) in [6, 6.07) is 23.2. The molecule has 44 heavy (non-hydrogen) atoms. The fraction of sp³-hybridized carbons (Fsp3) is 0.156. The van der Waals surface area contributed by atoms with Gasteiger partial charge in [0.25, 0.3) is 15.9 Å². The zero-order valence-electron chi connectivity index (χ0n) is 24.0. The Labute approximate surface area is 260 Å². The van der Waals surface area contributed by atoms with E-state index >= 15 is 0 Å². The molecule has 0 aromatic heterocycles. The number of benzene rings is 4. The number of sulfonamides is 1. The molecule has 0 saturated carbocycles. The molecule has 0 atom stereocenters. The van der Waals surface area contributed by atoms with Crippen LogP contribution in [0.3, 0.4) is 0 Å². The van der Waals surface area contributed by atoms with Gasteiger partial charge in [0.1, 0.15) is 5.75 Å². The maximum Gasteiger partial charge on any atom is 0.343 e. The van der Waals surface area contributed by atoms with Gasteiger partial charge in [-0.25, -0.2) is 18.6 Å². The highest BCUT2D eigenvalue weighted by atomic mass is 35.5. The number of rotatable bonds is 13. The van der Waals surface area contributed by atoms with Crippen LogP contribution in [0.25, 0.3) is 0 Å². The molecule has 0 radical (unpaired) electrons. The Bertz CT molecular complexity index is 1730. The van der Waals surface area contributed by atoms with Crippen molar-refractivity contribution in [3.8, 4) is 17.2 Å². The van der Waals surface area contributed by atoms with E-state index in [2.05, 4.69) is 15.2 Å². The van der Waals surface area contributed by atoms with Crippen molar-refractivity contribution in [3.63, 3.8) is 0 Å². The van der Waals surface area contributed by atoms with Crippen LogP contribution in [0.2, 0.25) is 5.02 Å². The summed E-state index contributed by atoms with van der Waals surface area (Å²) in [5.41, 5.74) is 3.91. The van der Waals surface area contributed by atoms with E-state index in [4.69, 9.17) is 25.8 Å². The SMILES string of the molecule is CCCOc1ccc(C(=O)Oc2ccc(/C=N\NC(=O)c3ccc(NS(=O)(=O)c4ccc(Cl)cc4)cc3)cc2OCC)cc1. The highest BCUT2D eigenvalue weighted by Crippen LogP contribution is 2.29. The zero-order chi connectivity index (χ0) is 31.5. The maximum absolute atomic E-state index is 12.7. The molecule has 0 heterocycles. The second kappa shape index (κ2) is 15.0. The standard InChI is InChI=1S/C32H30ClN3O7S/c1-3-19-42-27-14-8-24(9-15-27)32(38)43-29-18-5-22(20-30(29)41-4-2)21-34-35-31(37)23-6-12-26(13-7-23)36-44(39,40)28-16-10-25(33)11-17-28/h5-18,20-21,36H,3-4,19H2,1-2H3,(H,35,37)/b34-21-. The molecule has 4 rings (SSSR count). The lowest BCUT2D eigenvalue weighted by atomic mass is 10.2. The van der Waals surface area contributed by atoms with Gasteiger partial charge in [-0.2, -0.15) is 5.10 Å². The summed E-state index contributed by atoms with van der Waals surface area (Å²) in [7, 11) is -3.82. The van der Waals surface area contributed by atoms with Crippen LogP contribution in [0.4, 0.5) is 5.69 Å². The molecule has 228 valence electrons. The average Bonchev–Trinajstić information content (AvgIpc) is 3.02. The number of nitrogens with zero attached hydrogens (tertiary/aromatic N) is 1. The number of ether oxygens (including phenoxy) is 3. The molecule has 4 aromatic carbocycles. The summed E-state index contributed by atoms with van der Waals surface area (Å²) in [5.74, 6) is 0.177. The Morgan fingerprint density at radius 2 is 1.52 bits per heavy atom. The second-order valence-corrected chi connectivity index (χ2v) is 11.4. The van der Waals surface area contributed by atoms with E-state index in [1.54, 1.807) is 49.4 Å². The Hall–Kier alpha value is -4.87. The van der Waals surface area contributed by atoms with Crippen LogP contribution in [-0.4, -0.2) is 39.7 Å². The lowest BCUT2D eigenvalue weighted by Gasteiger charge is -2.12. The molecule has 4 aromatic rings. The van der Waals surface area contributed by atoms with Crippen molar-refractivity contribution in [3.05, 3.63) is 113 Å². The average molecular weight is 636 g/mol. The molecule has 0 aliphatic carbocycles. The number of hydrazone groups is 1. The van der Waals surface area contributed by atoms with Crippen LogP contribution < -0.4 is 24.4 Å². The predicted octanol–water partition coefficient (Wildman–Crippen LogP) is 6.31. The Morgan fingerprint density at radius 1 is 0.841 bits per heavy atom. The highest BCUT2D eigenvalue weighted by molar-refractivity contribution is 7.92. The monoisotopic (exact) mass is 635 g/mol. The fourth-order valence-electron chi connectivity index (χ4n) is 3.77. The number of carbonyl (C=O) groups excluding carboxylic acids is 2. The lowest BCUT2D eigenvalue weighted by Crippen LogP contribution is -2.18. The van der Waals surface area contributed by atoms with E-state index in [0.717, 1.165) is 6.42 Å². The molecule has 0 aliphatic rings. The van der Waals surface area contributed by atoms with Gasteiger partial charge in [-0.15, -0.1) is 0 Å². The van der Waals surface area contributed by atoms with E-state index < -0.39 is 21.9 Å². The summed E-state index contributed by atoms with van der Waals surface area (Å²) < 4.78 is 44.3. The van der Waals surface area contributed by atoms with Crippen molar-refractivity contribution >= 4 is 45.4 Å². The molecular weight excluding hydrogens is 606 g/mol. The van der Waals surface area contributed by atoms with Crippen molar-refractivity contribution in [1.29, 1.82) is 0 Å². The molecule has 0 spiro atoms. The number of amides is 1. The van der Waals surface area contributed by atoms with Crippen molar-refractivity contribution in [2.75, 3.05) is 17.9 Å². The summed E-state index contributed by atoms with van der Waals surface area (Å²) in [6.45, 7) is 4.73. The Morgan fingerprint density at radius 3 is 2.18 bits per heavy atom. The number of anilines is 1. The number of hydrogen-bond donors (Lipinski definition) is 2. The minimum atomic E-state index is -3.82. The molecule has 0 bridgehead atoms. The maximum atomic E-state index is 12.7. The highest BCUT2D eigenvalue weighted by Gasteiger charge is 2.15. The summed E-state index contributed by atoms with van der Waals surface area (Å²) in [4.78, 5) is 25.3. The molecule has 10 nitrogen and oxygen atoms in total. The van der Waals surface area contributed by atoms with Crippen LogP contribution in [0.1, 0.15) is 46.5 Å². The molecule has 0 aliphatic heterocycles. The van der Waals surface area contributed by atoms with Crippen molar-refractivity contribution in [2.24, 2.45) is 5.10 Å². The van der Waals surface area contributed by atoms with Gasteiger partial charge in [-0.1, -0.05) is 18.5 Å². The van der Waals surface area contributed by atoms with Gasteiger partial charge >= 0.3 is 5.97 Å². The first-order valence-corrected chi connectivity index (χ1v) is 15.5. The van der Waals surface area contributed by atoms with E-state index in [1.165, 1.54) is 54.7 Å². The molecule has 12 heteroatoms. The first kappa shape index (κ1) is 32.1. The van der Waals surface area contributed by atoms with Crippen molar-refractivity contribution in [2.45, 2.75) is 25.2 Å². The van der Waals surface area contributed by atoms with E-state index in [1.807, 2.05) is 6.92 Å². The fourth-order valence-corrected chi connectivity index (χ4v) is 4.96. The van der Waals surface area contributed by atoms with Crippen LogP contribution in [0, 0.1) is 0 Å². The van der Waals surface area contributed by atoms with E-state index in [-0.39, 0.29) is 21.9 Å². The smallest absolute Gasteiger partial charge is 0.343 e. The first-order valence-electron chi connectivity index (χ1n) is 13.6. The van der Waals surface area contributed by atoms with Gasteiger partial charge in [0.15, 0.2) is 11.5 Å². The van der Waals surface area contributed by atoms with Crippen LogP contribution in [-0.2, 0) is 10.0 Å². The molecule has 0 unspecified atom stereocenters. The second-order valence-electron chi connectivity index (χ2n) is 9.24. The zero-order valence-corrected chi connectivity index (χ0v) is 25.5. The number of nitrogens with one attached hydrogen (secondary N) is 2. The van der Waals surface area contributed by atoms with Gasteiger partial charge in [0, 0.05) is 16.3 Å². The third-order valence-electron chi connectivity index (χ3n) is 5.94.